The van der Waals surface area contributed by atoms with Crippen LogP contribution in [0.5, 0.6) is 0 Å². The van der Waals surface area contributed by atoms with Crippen molar-refractivity contribution >= 4 is 17.8 Å². The number of likely N-dealkylation sites (tertiary alicyclic amines) is 1. The second-order valence-electron chi connectivity index (χ2n) is 2.97. The summed E-state index contributed by atoms with van der Waals surface area (Å²) in [6.07, 6.45) is 1.89. The molecule has 5 heteroatoms. The molecule has 13 heavy (non-hydrogen) atoms. The summed E-state index contributed by atoms with van der Waals surface area (Å²) in [5.41, 5.74) is 0. The van der Waals surface area contributed by atoms with Crippen LogP contribution in [0.1, 0.15) is 25.7 Å². The molecule has 1 aliphatic rings. The predicted molar refractivity (Wildman–Crippen MR) is 42.8 cm³/mol. The molecule has 0 aliphatic carbocycles. The van der Waals surface area contributed by atoms with E-state index in [1.807, 2.05) is 0 Å². The zero-order valence-corrected chi connectivity index (χ0v) is 7.15. The fourth-order valence-corrected chi connectivity index (χ4v) is 1.27. The molecular formula is C8H11NO4. The van der Waals surface area contributed by atoms with E-state index in [0.29, 0.717) is 12.8 Å². The molecule has 1 N–H and O–H groups in total. The maximum atomic E-state index is 11.2. The second-order valence-corrected chi connectivity index (χ2v) is 2.97. The van der Waals surface area contributed by atoms with Gasteiger partial charge in [0, 0.05) is 12.8 Å². The molecule has 5 nitrogen and oxygen atoms in total. The van der Waals surface area contributed by atoms with Crippen molar-refractivity contribution in [1.82, 2.24) is 4.90 Å². The molecule has 1 fully saturated rings. The Bertz CT molecular complexity index is 231. The number of carboxylic acids is 1. The van der Waals surface area contributed by atoms with Crippen molar-refractivity contribution in [3.63, 3.8) is 0 Å². The van der Waals surface area contributed by atoms with Gasteiger partial charge in [-0.25, -0.2) is 0 Å². The first-order valence-corrected chi connectivity index (χ1v) is 4.16. The monoisotopic (exact) mass is 185 g/mol. The first kappa shape index (κ1) is 9.70. The topological polar surface area (TPSA) is 74.7 Å². The Morgan fingerprint density at radius 2 is 1.69 bits per heavy atom. The molecule has 0 spiro atoms. The van der Waals surface area contributed by atoms with Crippen molar-refractivity contribution in [1.29, 1.82) is 0 Å². The Kier molecular flexibility index (Phi) is 3.00. The average Bonchev–Trinajstić information content (AvgIpc) is 2.18. The minimum absolute atomic E-state index is 0.277. The van der Waals surface area contributed by atoms with Gasteiger partial charge >= 0.3 is 5.97 Å². The Morgan fingerprint density at radius 3 is 2.08 bits per heavy atom. The molecule has 1 saturated heterocycles. The van der Waals surface area contributed by atoms with E-state index in [4.69, 9.17) is 5.11 Å². The quantitative estimate of drug-likeness (QED) is 0.614. The van der Waals surface area contributed by atoms with Crippen LogP contribution in [0, 0.1) is 0 Å². The van der Waals surface area contributed by atoms with E-state index in [1.165, 1.54) is 0 Å². The first-order valence-electron chi connectivity index (χ1n) is 4.16. The number of amides is 2. The third-order valence-corrected chi connectivity index (χ3v) is 1.93. The number of aliphatic carboxylic acids is 1. The highest BCUT2D eigenvalue weighted by Crippen LogP contribution is 2.11. The number of nitrogens with zero attached hydrogens (tertiary/aromatic N) is 1. The SMILES string of the molecule is O=C(O)CN1C(=O)CCCCC1=O. The van der Waals surface area contributed by atoms with Crippen molar-refractivity contribution in [2.45, 2.75) is 25.7 Å². The number of rotatable bonds is 2. The van der Waals surface area contributed by atoms with Gasteiger partial charge in [0.2, 0.25) is 11.8 Å². The Morgan fingerprint density at radius 1 is 1.23 bits per heavy atom. The van der Waals surface area contributed by atoms with Crippen molar-refractivity contribution < 1.29 is 19.5 Å². The Labute approximate surface area is 75.3 Å². The molecule has 0 unspecified atom stereocenters. The van der Waals surface area contributed by atoms with E-state index < -0.39 is 12.5 Å². The highest BCUT2D eigenvalue weighted by molar-refractivity contribution is 5.98. The standard InChI is InChI=1S/C8H11NO4/c10-6-3-1-2-4-7(11)9(6)5-8(12)13/h1-5H2,(H,12,13). The van der Waals surface area contributed by atoms with Gasteiger partial charge in [-0.2, -0.15) is 0 Å². The minimum Gasteiger partial charge on any atom is -0.480 e. The zero-order chi connectivity index (χ0) is 9.84. The Hall–Kier alpha value is -1.39. The number of carbonyl (C=O) groups is 3. The summed E-state index contributed by atoms with van der Waals surface area (Å²) in [7, 11) is 0. The molecule has 0 atom stereocenters. The molecule has 1 heterocycles. The summed E-state index contributed by atoms with van der Waals surface area (Å²) in [6.45, 7) is -0.502. The van der Waals surface area contributed by atoms with E-state index in [1.54, 1.807) is 0 Å². The van der Waals surface area contributed by atoms with E-state index in [2.05, 4.69) is 0 Å². The first-order chi connectivity index (χ1) is 6.11. The van der Waals surface area contributed by atoms with Crippen molar-refractivity contribution in [3.8, 4) is 0 Å². The van der Waals surface area contributed by atoms with Crippen molar-refractivity contribution in [2.75, 3.05) is 6.54 Å². The van der Waals surface area contributed by atoms with E-state index >= 15 is 0 Å². The van der Waals surface area contributed by atoms with Crippen LogP contribution < -0.4 is 0 Å². The lowest BCUT2D eigenvalue weighted by atomic mass is 10.2. The van der Waals surface area contributed by atoms with Gasteiger partial charge in [-0.15, -0.1) is 0 Å². The molecule has 0 aromatic carbocycles. The van der Waals surface area contributed by atoms with Gasteiger partial charge in [-0.3, -0.25) is 19.3 Å². The van der Waals surface area contributed by atoms with Crippen LogP contribution in [-0.4, -0.2) is 34.3 Å². The normalized spacial score (nSPS) is 18.6. The van der Waals surface area contributed by atoms with Crippen molar-refractivity contribution in [3.05, 3.63) is 0 Å². The molecule has 72 valence electrons. The largest absolute Gasteiger partial charge is 0.480 e. The molecule has 0 aromatic rings. The van der Waals surface area contributed by atoms with E-state index in [9.17, 15) is 14.4 Å². The molecule has 1 aliphatic heterocycles. The lowest BCUT2D eigenvalue weighted by Gasteiger charge is -2.15. The summed E-state index contributed by atoms with van der Waals surface area (Å²) in [4.78, 5) is 33.6. The van der Waals surface area contributed by atoms with Crippen LogP contribution in [0.15, 0.2) is 0 Å². The van der Waals surface area contributed by atoms with Gasteiger partial charge in [-0.1, -0.05) is 0 Å². The fourth-order valence-electron chi connectivity index (χ4n) is 1.27. The number of hydrogen-bond donors (Lipinski definition) is 1. The second kappa shape index (κ2) is 4.02. The third-order valence-electron chi connectivity index (χ3n) is 1.93. The summed E-state index contributed by atoms with van der Waals surface area (Å²) in [5.74, 6) is -1.89. The molecule has 0 radical (unpaired) electrons. The highest BCUT2D eigenvalue weighted by Gasteiger charge is 2.25. The van der Waals surface area contributed by atoms with Gasteiger partial charge in [0.1, 0.15) is 6.54 Å². The van der Waals surface area contributed by atoms with Crippen LogP contribution in [0.2, 0.25) is 0 Å². The zero-order valence-electron chi connectivity index (χ0n) is 7.15. The van der Waals surface area contributed by atoms with E-state index in [0.717, 1.165) is 4.90 Å². The number of carboxylic acid groups (broad SMARTS) is 1. The van der Waals surface area contributed by atoms with Gasteiger partial charge in [0.15, 0.2) is 0 Å². The van der Waals surface area contributed by atoms with E-state index in [-0.39, 0.29) is 24.7 Å². The number of imide groups is 1. The Balaban J connectivity index is 2.69. The van der Waals surface area contributed by atoms with Crippen LogP contribution in [0.25, 0.3) is 0 Å². The van der Waals surface area contributed by atoms with Crippen LogP contribution in [0.3, 0.4) is 0 Å². The summed E-state index contributed by atoms with van der Waals surface area (Å²) < 4.78 is 0. The number of carbonyl (C=O) groups excluding carboxylic acids is 2. The van der Waals surface area contributed by atoms with Gasteiger partial charge in [0.25, 0.3) is 0 Å². The molecule has 0 saturated carbocycles. The molecule has 0 aromatic heterocycles. The maximum absolute atomic E-state index is 11.2. The minimum atomic E-state index is -1.15. The van der Waals surface area contributed by atoms with Gasteiger partial charge < -0.3 is 5.11 Å². The molecule has 0 bridgehead atoms. The van der Waals surface area contributed by atoms with Crippen LogP contribution >= 0.6 is 0 Å². The van der Waals surface area contributed by atoms with Gasteiger partial charge in [-0.05, 0) is 12.8 Å². The van der Waals surface area contributed by atoms with Gasteiger partial charge in [0.05, 0.1) is 0 Å². The average molecular weight is 185 g/mol. The molecule has 1 rings (SSSR count). The summed E-state index contributed by atoms with van der Waals surface area (Å²) >= 11 is 0. The third kappa shape index (κ3) is 2.54. The lowest BCUT2D eigenvalue weighted by molar-refractivity contribution is -0.151. The lowest BCUT2D eigenvalue weighted by Crippen LogP contribution is -2.39. The smallest absolute Gasteiger partial charge is 0.323 e. The molecular weight excluding hydrogens is 174 g/mol. The predicted octanol–water partition coefficient (Wildman–Crippen LogP) is 0.000200. The fraction of sp³-hybridized carbons (Fsp3) is 0.625. The maximum Gasteiger partial charge on any atom is 0.323 e. The van der Waals surface area contributed by atoms with Crippen molar-refractivity contribution in [2.24, 2.45) is 0 Å². The number of hydrogen-bond acceptors (Lipinski definition) is 3. The van der Waals surface area contributed by atoms with Crippen LogP contribution in [-0.2, 0) is 14.4 Å². The van der Waals surface area contributed by atoms with Crippen LogP contribution in [0.4, 0.5) is 0 Å². The summed E-state index contributed by atoms with van der Waals surface area (Å²) in [6, 6.07) is 0. The molecule has 2 amide bonds. The summed E-state index contributed by atoms with van der Waals surface area (Å²) in [5, 5.41) is 8.45. The highest BCUT2D eigenvalue weighted by atomic mass is 16.4.